The third-order valence-corrected chi connectivity index (χ3v) is 9.70. The number of carbonyl (C=O) groups excluding carboxylic acids is 2. The number of likely N-dealkylation sites (tertiary alicyclic amines) is 1. The van der Waals surface area contributed by atoms with E-state index >= 15 is 0 Å². The summed E-state index contributed by atoms with van der Waals surface area (Å²) in [6, 6.07) is 16.5. The maximum Gasteiger partial charge on any atom is 0.253 e. The van der Waals surface area contributed by atoms with Crippen LogP contribution in [0.2, 0.25) is 0 Å². The van der Waals surface area contributed by atoms with Gasteiger partial charge in [0.2, 0.25) is 15.9 Å². The minimum Gasteiger partial charge on any atom is -0.339 e. The Hall–Kier alpha value is -3.01. The molecule has 2 N–H and O–H groups in total. The smallest absolute Gasteiger partial charge is 0.253 e. The molecule has 0 atom stereocenters. The Balaban J connectivity index is 1.32. The van der Waals surface area contributed by atoms with E-state index in [1.807, 2.05) is 58.0 Å². The van der Waals surface area contributed by atoms with Gasteiger partial charge in [-0.1, -0.05) is 34.1 Å². The van der Waals surface area contributed by atoms with E-state index in [2.05, 4.69) is 26.0 Å². The second-order valence-corrected chi connectivity index (χ2v) is 12.8. The van der Waals surface area contributed by atoms with Crippen LogP contribution in [-0.2, 0) is 21.4 Å². The number of benzene rings is 3. The molecule has 9 heteroatoms. The van der Waals surface area contributed by atoms with Gasteiger partial charge in [-0.3, -0.25) is 9.59 Å². The van der Waals surface area contributed by atoms with Crippen molar-refractivity contribution >= 4 is 43.5 Å². The van der Waals surface area contributed by atoms with E-state index in [0.29, 0.717) is 36.4 Å². The minimum atomic E-state index is -3.70. The highest BCUT2D eigenvalue weighted by Gasteiger charge is 2.28. The molecule has 1 fully saturated rings. The molecule has 3 aromatic rings. The first kappa shape index (κ1) is 29.0. The zero-order chi connectivity index (χ0) is 28.3. The fourth-order valence-electron chi connectivity index (χ4n) is 4.90. The van der Waals surface area contributed by atoms with Gasteiger partial charge in [0.05, 0.1) is 4.90 Å². The predicted molar refractivity (Wildman–Crippen MR) is 157 cm³/mol. The van der Waals surface area contributed by atoms with Gasteiger partial charge in [0.15, 0.2) is 0 Å². The van der Waals surface area contributed by atoms with Crippen molar-refractivity contribution in [1.82, 2.24) is 9.62 Å². The molecule has 0 aliphatic carbocycles. The summed E-state index contributed by atoms with van der Waals surface area (Å²) in [5.74, 6) is -0.254. The van der Waals surface area contributed by atoms with Gasteiger partial charge in [-0.25, -0.2) is 13.1 Å². The second-order valence-electron chi connectivity index (χ2n) is 10.2. The Labute approximate surface area is 239 Å². The number of aryl methyl sites for hydroxylation is 2. The molecule has 1 aliphatic heterocycles. The Morgan fingerprint density at radius 3 is 2.03 bits per heavy atom. The highest BCUT2D eigenvalue weighted by Crippen LogP contribution is 2.26. The summed E-state index contributed by atoms with van der Waals surface area (Å²) in [6.07, 6.45) is 1.20. The Kier molecular flexibility index (Phi) is 8.93. The van der Waals surface area contributed by atoms with Crippen LogP contribution in [0.5, 0.6) is 0 Å². The number of nitrogens with zero attached hydrogens (tertiary/aromatic N) is 1. The van der Waals surface area contributed by atoms with Crippen molar-refractivity contribution in [2.75, 3.05) is 18.4 Å². The monoisotopic (exact) mass is 611 g/mol. The molecule has 1 aliphatic rings. The number of rotatable bonds is 7. The number of nitrogens with one attached hydrogen (secondary N) is 2. The Morgan fingerprint density at radius 2 is 1.46 bits per heavy atom. The van der Waals surface area contributed by atoms with Crippen molar-refractivity contribution in [1.29, 1.82) is 0 Å². The molecule has 206 valence electrons. The SMILES string of the molecule is Cc1cc(C)c(C)c(S(=O)(=O)NCc2ccc(C(=O)N3CCC(C(=O)Nc4ccc(Br)cc4)CC3)cc2)c1C. The molecule has 4 rings (SSSR count). The van der Waals surface area contributed by atoms with Crippen molar-refractivity contribution in [3.63, 3.8) is 0 Å². The Morgan fingerprint density at radius 1 is 0.897 bits per heavy atom. The third-order valence-electron chi connectivity index (χ3n) is 7.50. The lowest BCUT2D eigenvalue weighted by atomic mass is 9.95. The first-order valence-corrected chi connectivity index (χ1v) is 15.3. The van der Waals surface area contributed by atoms with E-state index in [4.69, 9.17) is 0 Å². The number of carbonyl (C=O) groups is 2. The lowest BCUT2D eigenvalue weighted by molar-refractivity contribution is -0.121. The van der Waals surface area contributed by atoms with Crippen LogP contribution in [0, 0.1) is 33.6 Å². The molecule has 0 unspecified atom stereocenters. The summed E-state index contributed by atoms with van der Waals surface area (Å²) >= 11 is 3.39. The van der Waals surface area contributed by atoms with Crippen LogP contribution in [0.15, 0.2) is 64.0 Å². The lowest BCUT2D eigenvalue weighted by Gasteiger charge is -2.31. The quantitative estimate of drug-likeness (QED) is 0.361. The van der Waals surface area contributed by atoms with Gasteiger partial charge in [-0.15, -0.1) is 0 Å². The van der Waals surface area contributed by atoms with Gasteiger partial charge >= 0.3 is 0 Å². The van der Waals surface area contributed by atoms with Crippen molar-refractivity contribution in [2.45, 2.75) is 52.0 Å². The normalized spacial score (nSPS) is 14.3. The zero-order valence-electron chi connectivity index (χ0n) is 22.7. The van der Waals surface area contributed by atoms with Crippen LogP contribution in [0.25, 0.3) is 0 Å². The highest BCUT2D eigenvalue weighted by atomic mass is 79.9. The first-order chi connectivity index (χ1) is 18.5. The summed E-state index contributed by atoms with van der Waals surface area (Å²) in [5.41, 5.74) is 5.44. The van der Waals surface area contributed by atoms with Crippen LogP contribution < -0.4 is 10.0 Å². The topological polar surface area (TPSA) is 95.6 Å². The predicted octanol–water partition coefficient (Wildman–Crippen LogP) is 5.65. The number of hydrogen-bond donors (Lipinski definition) is 2. The Bertz CT molecular complexity index is 1450. The lowest BCUT2D eigenvalue weighted by Crippen LogP contribution is -2.41. The molecule has 0 spiro atoms. The number of halogens is 1. The molecule has 0 aromatic heterocycles. The largest absolute Gasteiger partial charge is 0.339 e. The number of piperidine rings is 1. The molecule has 39 heavy (non-hydrogen) atoms. The molecule has 1 saturated heterocycles. The van der Waals surface area contributed by atoms with Crippen LogP contribution in [0.4, 0.5) is 5.69 Å². The third kappa shape index (κ3) is 6.77. The van der Waals surface area contributed by atoms with Crippen molar-refractivity contribution in [3.05, 3.63) is 92.5 Å². The molecule has 0 bridgehead atoms. The summed E-state index contributed by atoms with van der Waals surface area (Å²) in [7, 11) is -3.70. The molecule has 0 radical (unpaired) electrons. The first-order valence-electron chi connectivity index (χ1n) is 13.0. The molecule has 1 heterocycles. The van der Waals surface area contributed by atoms with Gasteiger partial charge in [0, 0.05) is 41.3 Å². The van der Waals surface area contributed by atoms with E-state index in [-0.39, 0.29) is 24.3 Å². The fourth-order valence-corrected chi connectivity index (χ4v) is 6.80. The molecular weight excluding hydrogens is 578 g/mol. The van der Waals surface area contributed by atoms with Crippen LogP contribution in [0.1, 0.15) is 51.0 Å². The van der Waals surface area contributed by atoms with Crippen LogP contribution in [-0.4, -0.2) is 38.2 Å². The summed E-state index contributed by atoms with van der Waals surface area (Å²) in [5, 5.41) is 2.95. The van der Waals surface area contributed by atoms with Crippen LogP contribution >= 0.6 is 15.9 Å². The maximum absolute atomic E-state index is 13.1. The summed E-state index contributed by atoms with van der Waals surface area (Å²) < 4.78 is 29.9. The zero-order valence-corrected chi connectivity index (χ0v) is 25.1. The van der Waals surface area contributed by atoms with E-state index in [1.54, 1.807) is 29.2 Å². The second kappa shape index (κ2) is 12.0. The van der Waals surface area contributed by atoms with Gasteiger partial charge in [0.1, 0.15) is 0 Å². The van der Waals surface area contributed by atoms with Crippen LogP contribution in [0.3, 0.4) is 0 Å². The number of sulfonamides is 1. The van der Waals surface area contributed by atoms with E-state index in [1.165, 1.54) is 0 Å². The molecule has 0 saturated carbocycles. The number of hydrogen-bond acceptors (Lipinski definition) is 4. The van der Waals surface area contributed by atoms with E-state index < -0.39 is 10.0 Å². The number of anilines is 1. The molecular formula is C30H34BrN3O4S. The van der Waals surface area contributed by atoms with Gasteiger partial charge < -0.3 is 10.2 Å². The standard InChI is InChI=1S/C30H34BrN3O4S/c1-19-17-20(2)22(4)28(21(19)3)39(37,38)32-18-23-5-7-25(8-6-23)30(36)34-15-13-24(14-16-34)29(35)33-27-11-9-26(31)10-12-27/h5-12,17,24,32H,13-16,18H2,1-4H3,(H,33,35). The van der Waals surface area contributed by atoms with Gasteiger partial charge in [-0.2, -0.15) is 0 Å². The minimum absolute atomic E-state index is 0.0255. The average molecular weight is 613 g/mol. The highest BCUT2D eigenvalue weighted by molar-refractivity contribution is 9.10. The number of amides is 2. The van der Waals surface area contributed by atoms with Crippen molar-refractivity contribution < 1.29 is 18.0 Å². The summed E-state index contributed by atoms with van der Waals surface area (Å²) in [4.78, 5) is 27.8. The van der Waals surface area contributed by atoms with E-state index in [9.17, 15) is 18.0 Å². The molecule has 7 nitrogen and oxygen atoms in total. The van der Waals surface area contributed by atoms with Gasteiger partial charge in [-0.05, 0) is 105 Å². The molecule has 2 amide bonds. The van der Waals surface area contributed by atoms with E-state index in [0.717, 1.165) is 38.0 Å². The summed E-state index contributed by atoms with van der Waals surface area (Å²) in [6.45, 7) is 8.63. The van der Waals surface area contributed by atoms with Crippen molar-refractivity contribution in [2.24, 2.45) is 5.92 Å². The van der Waals surface area contributed by atoms with Crippen molar-refractivity contribution in [3.8, 4) is 0 Å². The molecule has 3 aromatic carbocycles. The van der Waals surface area contributed by atoms with Gasteiger partial charge in [0.25, 0.3) is 5.91 Å². The maximum atomic E-state index is 13.1. The fraction of sp³-hybridized carbons (Fsp3) is 0.333. The average Bonchev–Trinajstić information content (AvgIpc) is 2.92.